The molecule has 0 atom stereocenters. The van der Waals surface area contributed by atoms with Crippen molar-refractivity contribution in [1.29, 1.82) is 0 Å². The molecule has 156 valence electrons. The summed E-state index contributed by atoms with van der Waals surface area (Å²) in [6.45, 7) is 5.23. The minimum Gasteiger partial charge on any atom is -0.504 e. The van der Waals surface area contributed by atoms with E-state index in [0.29, 0.717) is 18.1 Å². The van der Waals surface area contributed by atoms with Crippen LogP contribution in [0.1, 0.15) is 116 Å². The van der Waals surface area contributed by atoms with E-state index in [2.05, 4.69) is 19.9 Å². The molecule has 0 fully saturated rings. The summed E-state index contributed by atoms with van der Waals surface area (Å²) in [5, 5.41) is 10.2. The van der Waals surface area contributed by atoms with E-state index in [1.807, 2.05) is 12.1 Å². The predicted octanol–water partition coefficient (Wildman–Crippen LogP) is 8.20. The van der Waals surface area contributed by atoms with Crippen molar-refractivity contribution in [3.63, 3.8) is 0 Å². The van der Waals surface area contributed by atoms with Crippen LogP contribution in [-0.4, -0.2) is 11.7 Å². The standard InChI is InChI=1S/C25H44O2/c1-3-5-7-9-11-13-15-17-21-27-25-20-19-23(22-24(25)26)18-16-14-12-10-8-6-4-2/h19-20,22,26H,3-18,21H2,1-2H3. The molecule has 0 aliphatic heterocycles. The Balaban J connectivity index is 2.09. The number of ether oxygens (including phenoxy) is 1. The summed E-state index contributed by atoms with van der Waals surface area (Å²) in [4.78, 5) is 0. The first-order valence-electron chi connectivity index (χ1n) is 11.7. The number of benzene rings is 1. The van der Waals surface area contributed by atoms with Crippen molar-refractivity contribution in [3.8, 4) is 11.5 Å². The van der Waals surface area contributed by atoms with Crippen molar-refractivity contribution in [1.82, 2.24) is 0 Å². The van der Waals surface area contributed by atoms with E-state index in [4.69, 9.17) is 4.74 Å². The monoisotopic (exact) mass is 376 g/mol. The number of hydrogen-bond donors (Lipinski definition) is 1. The van der Waals surface area contributed by atoms with Crippen LogP contribution in [0.4, 0.5) is 0 Å². The van der Waals surface area contributed by atoms with Gasteiger partial charge in [-0.15, -0.1) is 0 Å². The molecule has 1 aromatic rings. The zero-order chi connectivity index (χ0) is 19.6. The molecule has 0 amide bonds. The van der Waals surface area contributed by atoms with Crippen LogP contribution >= 0.6 is 0 Å². The summed E-state index contributed by atoms with van der Waals surface area (Å²) in [6, 6.07) is 5.94. The molecule has 1 aromatic carbocycles. The molecule has 0 aromatic heterocycles. The normalized spacial score (nSPS) is 11.0. The zero-order valence-corrected chi connectivity index (χ0v) is 18.1. The Morgan fingerprint density at radius 2 is 1.19 bits per heavy atom. The maximum atomic E-state index is 10.2. The molecule has 2 nitrogen and oxygen atoms in total. The minimum atomic E-state index is 0.301. The van der Waals surface area contributed by atoms with Crippen LogP contribution in [0.5, 0.6) is 11.5 Å². The Hall–Kier alpha value is -1.18. The summed E-state index contributed by atoms with van der Waals surface area (Å²) in [7, 11) is 0. The maximum absolute atomic E-state index is 10.2. The predicted molar refractivity (Wildman–Crippen MR) is 118 cm³/mol. The molecule has 0 bridgehead atoms. The highest BCUT2D eigenvalue weighted by Crippen LogP contribution is 2.28. The zero-order valence-electron chi connectivity index (χ0n) is 18.1. The van der Waals surface area contributed by atoms with Gasteiger partial charge < -0.3 is 9.84 Å². The fraction of sp³-hybridized carbons (Fsp3) is 0.760. The SMILES string of the molecule is CCCCCCCCCCOc1ccc(CCCCCCCCC)cc1O. The Morgan fingerprint density at radius 1 is 0.667 bits per heavy atom. The van der Waals surface area contributed by atoms with Crippen molar-refractivity contribution in [3.05, 3.63) is 23.8 Å². The number of aryl methyl sites for hydroxylation is 1. The second-order valence-electron chi connectivity index (χ2n) is 8.00. The van der Waals surface area contributed by atoms with E-state index in [9.17, 15) is 5.11 Å². The third kappa shape index (κ3) is 12.8. The molecule has 0 heterocycles. The molecule has 2 heteroatoms. The lowest BCUT2D eigenvalue weighted by Gasteiger charge is -2.10. The second kappa shape index (κ2) is 17.0. The molecule has 0 unspecified atom stereocenters. The summed E-state index contributed by atoms with van der Waals surface area (Å²) < 4.78 is 5.77. The van der Waals surface area contributed by atoms with Crippen molar-refractivity contribution in [2.75, 3.05) is 6.61 Å². The first-order chi connectivity index (χ1) is 13.3. The molecule has 1 rings (SSSR count). The Bertz CT molecular complexity index is 456. The van der Waals surface area contributed by atoms with E-state index < -0.39 is 0 Å². The van der Waals surface area contributed by atoms with E-state index in [1.165, 1.54) is 95.5 Å². The lowest BCUT2D eigenvalue weighted by molar-refractivity contribution is 0.288. The lowest BCUT2D eigenvalue weighted by Crippen LogP contribution is -1.98. The molecular formula is C25H44O2. The van der Waals surface area contributed by atoms with Crippen LogP contribution in [-0.2, 0) is 6.42 Å². The summed E-state index contributed by atoms with van der Waals surface area (Å²) in [5.74, 6) is 0.941. The van der Waals surface area contributed by atoms with Gasteiger partial charge in [0.15, 0.2) is 11.5 Å². The number of phenols is 1. The maximum Gasteiger partial charge on any atom is 0.160 e. The van der Waals surface area contributed by atoms with Crippen molar-refractivity contribution in [2.24, 2.45) is 0 Å². The highest BCUT2D eigenvalue weighted by Gasteiger charge is 2.04. The first-order valence-corrected chi connectivity index (χ1v) is 11.7. The van der Waals surface area contributed by atoms with Gasteiger partial charge in [-0.25, -0.2) is 0 Å². The minimum absolute atomic E-state index is 0.301. The second-order valence-corrected chi connectivity index (χ2v) is 8.00. The number of aromatic hydroxyl groups is 1. The molecule has 0 saturated heterocycles. The third-order valence-electron chi connectivity index (χ3n) is 5.35. The molecule has 0 spiro atoms. The van der Waals surface area contributed by atoms with Gasteiger partial charge in [0.2, 0.25) is 0 Å². The third-order valence-corrected chi connectivity index (χ3v) is 5.35. The molecule has 0 saturated carbocycles. The fourth-order valence-corrected chi connectivity index (χ4v) is 3.54. The summed E-state index contributed by atoms with van der Waals surface area (Å²) in [5.41, 5.74) is 1.22. The van der Waals surface area contributed by atoms with Crippen molar-refractivity contribution < 1.29 is 9.84 Å². The van der Waals surface area contributed by atoms with Gasteiger partial charge in [-0.2, -0.15) is 0 Å². The van der Waals surface area contributed by atoms with Gasteiger partial charge in [0.05, 0.1) is 6.61 Å². The van der Waals surface area contributed by atoms with Crippen molar-refractivity contribution >= 4 is 0 Å². The average Bonchev–Trinajstić information content (AvgIpc) is 2.67. The van der Waals surface area contributed by atoms with E-state index in [0.717, 1.165) is 12.8 Å². The highest BCUT2D eigenvalue weighted by molar-refractivity contribution is 5.41. The van der Waals surface area contributed by atoms with Gasteiger partial charge >= 0.3 is 0 Å². The van der Waals surface area contributed by atoms with E-state index >= 15 is 0 Å². The molecule has 27 heavy (non-hydrogen) atoms. The first kappa shape index (κ1) is 23.9. The Kier molecular flexibility index (Phi) is 15.0. The quantitative estimate of drug-likeness (QED) is 0.262. The summed E-state index contributed by atoms with van der Waals surface area (Å²) >= 11 is 0. The van der Waals surface area contributed by atoms with Crippen LogP contribution in [0.25, 0.3) is 0 Å². The van der Waals surface area contributed by atoms with E-state index in [-0.39, 0.29) is 0 Å². The van der Waals surface area contributed by atoms with Gasteiger partial charge in [-0.3, -0.25) is 0 Å². The Morgan fingerprint density at radius 3 is 1.74 bits per heavy atom. The molecule has 0 aliphatic rings. The Labute approximate surface area is 168 Å². The smallest absolute Gasteiger partial charge is 0.160 e. The number of hydrogen-bond acceptors (Lipinski definition) is 2. The van der Waals surface area contributed by atoms with Gasteiger partial charge in [0.25, 0.3) is 0 Å². The molecule has 0 aliphatic carbocycles. The number of phenolic OH excluding ortho intramolecular Hbond substituents is 1. The van der Waals surface area contributed by atoms with Crippen molar-refractivity contribution in [2.45, 2.75) is 117 Å². The summed E-state index contributed by atoms with van der Waals surface area (Å²) in [6.07, 6.45) is 20.7. The van der Waals surface area contributed by atoms with E-state index in [1.54, 1.807) is 0 Å². The van der Waals surface area contributed by atoms with Crippen LogP contribution < -0.4 is 4.74 Å². The molecule has 1 N–H and O–H groups in total. The number of rotatable bonds is 18. The van der Waals surface area contributed by atoms with Gasteiger partial charge in [0, 0.05) is 0 Å². The van der Waals surface area contributed by atoms with Gasteiger partial charge in [0.1, 0.15) is 0 Å². The highest BCUT2D eigenvalue weighted by atomic mass is 16.5. The fourth-order valence-electron chi connectivity index (χ4n) is 3.54. The van der Waals surface area contributed by atoms with Crippen LogP contribution in [0.2, 0.25) is 0 Å². The number of unbranched alkanes of at least 4 members (excludes halogenated alkanes) is 13. The van der Waals surface area contributed by atoms with Gasteiger partial charge in [-0.1, -0.05) is 103 Å². The van der Waals surface area contributed by atoms with Gasteiger partial charge in [-0.05, 0) is 37.0 Å². The molecule has 0 radical (unpaired) electrons. The average molecular weight is 377 g/mol. The largest absolute Gasteiger partial charge is 0.504 e. The molecular weight excluding hydrogens is 332 g/mol. The van der Waals surface area contributed by atoms with Crippen LogP contribution in [0, 0.1) is 0 Å². The van der Waals surface area contributed by atoms with Crippen LogP contribution in [0.3, 0.4) is 0 Å². The lowest BCUT2D eigenvalue weighted by atomic mass is 10.0. The van der Waals surface area contributed by atoms with Crippen LogP contribution in [0.15, 0.2) is 18.2 Å². The topological polar surface area (TPSA) is 29.5 Å².